The predicted molar refractivity (Wildman–Crippen MR) is 114 cm³/mol. The summed E-state index contributed by atoms with van der Waals surface area (Å²) in [5, 5.41) is 9.04. The van der Waals surface area contributed by atoms with Crippen LogP contribution < -0.4 is 15.2 Å². The molecule has 2 aromatic carbocycles. The number of methoxy groups -OCH3 is 1. The first-order chi connectivity index (χ1) is 13.7. The van der Waals surface area contributed by atoms with Crippen molar-refractivity contribution in [1.82, 2.24) is 9.55 Å². The SMILES string of the molecule is CCn1c(SCC(=O)Nc2cc(Cl)ccc2OC)nc2cc(S(N)(=O)=O)ccc21. The predicted octanol–water partition coefficient (Wildman–Crippen LogP) is 3.10. The third-order valence-electron chi connectivity index (χ3n) is 4.10. The van der Waals surface area contributed by atoms with Crippen LogP contribution in [0.25, 0.3) is 11.0 Å². The van der Waals surface area contributed by atoms with E-state index < -0.39 is 10.0 Å². The minimum absolute atomic E-state index is 0.00639. The highest BCUT2D eigenvalue weighted by molar-refractivity contribution is 7.99. The molecule has 0 spiro atoms. The van der Waals surface area contributed by atoms with E-state index in [0.717, 1.165) is 5.52 Å². The summed E-state index contributed by atoms with van der Waals surface area (Å²) in [5.41, 5.74) is 1.74. The molecule has 3 N–H and O–H groups in total. The van der Waals surface area contributed by atoms with Crippen LogP contribution in [-0.2, 0) is 21.4 Å². The van der Waals surface area contributed by atoms with Crippen molar-refractivity contribution in [2.24, 2.45) is 5.14 Å². The zero-order valence-electron chi connectivity index (χ0n) is 15.7. The van der Waals surface area contributed by atoms with E-state index >= 15 is 0 Å². The largest absolute Gasteiger partial charge is 0.495 e. The molecule has 1 amide bonds. The molecular weight excluding hydrogens is 436 g/mol. The Morgan fingerprint density at radius 3 is 2.72 bits per heavy atom. The monoisotopic (exact) mass is 454 g/mol. The van der Waals surface area contributed by atoms with Gasteiger partial charge in [-0.05, 0) is 43.3 Å². The molecule has 1 aromatic heterocycles. The topological polar surface area (TPSA) is 116 Å². The van der Waals surface area contributed by atoms with Crippen LogP contribution in [0.3, 0.4) is 0 Å². The van der Waals surface area contributed by atoms with E-state index in [-0.39, 0.29) is 16.6 Å². The zero-order valence-corrected chi connectivity index (χ0v) is 18.1. The molecule has 0 aliphatic rings. The van der Waals surface area contributed by atoms with Crippen molar-refractivity contribution in [2.75, 3.05) is 18.2 Å². The van der Waals surface area contributed by atoms with Crippen molar-refractivity contribution in [3.05, 3.63) is 41.4 Å². The number of hydrogen-bond acceptors (Lipinski definition) is 6. The Kier molecular flexibility index (Phi) is 6.37. The van der Waals surface area contributed by atoms with E-state index in [1.54, 1.807) is 24.3 Å². The molecule has 11 heteroatoms. The van der Waals surface area contributed by atoms with Crippen LogP contribution in [-0.4, -0.2) is 36.7 Å². The second-order valence-corrected chi connectivity index (χ2v) is 8.96. The third-order valence-corrected chi connectivity index (χ3v) is 6.22. The van der Waals surface area contributed by atoms with Gasteiger partial charge < -0.3 is 14.6 Å². The van der Waals surface area contributed by atoms with Gasteiger partial charge in [-0.3, -0.25) is 4.79 Å². The Bertz CT molecular complexity index is 1180. The van der Waals surface area contributed by atoms with E-state index in [1.807, 2.05) is 11.5 Å². The third kappa shape index (κ3) is 4.84. The molecule has 3 aromatic rings. The number of anilines is 1. The number of halogens is 1. The Balaban J connectivity index is 1.79. The number of hydrogen-bond donors (Lipinski definition) is 2. The van der Waals surface area contributed by atoms with Gasteiger partial charge in [-0.1, -0.05) is 23.4 Å². The number of nitrogens with two attached hydrogens (primary N) is 1. The number of imidazole rings is 1. The standard InChI is InChI=1S/C18H19ClN4O4S2/c1-3-23-15-6-5-12(29(20,25)26)9-13(15)22-18(23)28-10-17(24)21-14-8-11(19)4-7-16(14)27-2/h4-9H,3,10H2,1-2H3,(H,21,24)(H2,20,25,26). The van der Waals surface area contributed by atoms with Crippen LogP contribution in [0.5, 0.6) is 5.75 Å². The van der Waals surface area contributed by atoms with Gasteiger partial charge in [0.25, 0.3) is 0 Å². The molecule has 1 heterocycles. The van der Waals surface area contributed by atoms with Gasteiger partial charge in [0.1, 0.15) is 5.75 Å². The van der Waals surface area contributed by atoms with E-state index in [0.29, 0.717) is 33.7 Å². The molecule has 0 unspecified atom stereocenters. The number of aromatic nitrogens is 2. The molecule has 0 radical (unpaired) electrons. The molecule has 0 saturated carbocycles. The number of aryl methyl sites for hydroxylation is 1. The van der Waals surface area contributed by atoms with Crippen LogP contribution in [0.15, 0.2) is 46.5 Å². The van der Waals surface area contributed by atoms with Crippen molar-refractivity contribution >= 4 is 56.0 Å². The van der Waals surface area contributed by atoms with Crippen LogP contribution in [0.1, 0.15) is 6.92 Å². The highest BCUT2D eigenvalue weighted by atomic mass is 35.5. The van der Waals surface area contributed by atoms with Gasteiger partial charge in [-0.2, -0.15) is 0 Å². The zero-order chi connectivity index (χ0) is 21.2. The number of carbonyl (C=O) groups is 1. The summed E-state index contributed by atoms with van der Waals surface area (Å²) < 4.78 is 30.3. The minimum Gasteiger partial charge on any atom is -0.495 e. The van der Waals surface area contributed by atoms with Crippen molar-refractivity contribution in [2.45, 2.75) is 23.5 Å². The number of carbonyl (C=O) groups excluding carboxylic acids is 1. The van der Waals surface area contributed by atoms with Gasteiger partial charge in [0.05, 0.1) is 34.5 Å². The Labute approximate surface area is 177 Å². The highest BCUT2D eigenvalue weighted by Gasteiger charge is 2.16. The molecule has 8 nitrogen and oxygen atoms in total. The molecule has 154 valence electrons. The maximum atomic E-state index is 12.4. The number of sulfonamides is 1. The fourth-order valence-corrected chi connectivity index (χ4v) is 4.36. The van der Waals surface area contributed by atoms with Gasteiger partial charge in [-0.25, -0.2) is 18.5 Å². The molecule has 0 atom stereocenters. The number of thioether (sulfide) groups is 1. The van der Waals surface area contributed by atoms with Crippen LogP contribution in [0.2, 0.25) is 5.02 Å². The lowest BCUT2D eigenvalue weighted by molar-refractivity contribution is -0.113. The fraction of sp³-hybridized carbons (Fsp3) is 0.222. The van der Waals surface area contributed by atoms with Gasteiger partial charge in [-0.15, -0.1) is 0 Å². The van der Waals surface area contributed by atoms with Crippen molar-refractivity contribution in [1.29, 1.82) is 0 Å². The molecular formula is C18H19ClN4O4S2. The van der Waals surface area contributed by atoms with Gasteiger partial charge >= 0.3 is 0 Å². The first-order valence-electron chi connectivity index (χ1n) is 8.52. The van der Waals surface area contributed by atoms with Crippen molar-refractivity contribution in [3.8, 4) is 5.75 Å². The summed E-state index contributed by atoms with van der Waals surface area (Å²) in [6.45, 7) is 2.55. The van der Waals surface area contributed by atoms with Crippen molar-refractivity contribution in [3.63, 3.8) is 0 Å². The summed E-state index contributed by atoms with van der Waals surface area (Å²) >= 11 is 7.22. The lowest BCUT2D eigenvalue weighted by Crippen LogP contribution is -2.15. The summed E-state index contributed by atoms with van der Waals surface area (Å²) in [6.07, 6.45) is 0. The lowest BCUT2D eigenvalue weighted by atomic mass is 10.3. The first kappa shape index (κ1) is 21.4. The summed E-state index contributed by atoms with van der Waals surface area (Å²) in [4.78, 5) is 16.9. The average molecular weight is 455 g/mol. The maximum Gasteiger partial charge on any atom is 0.238 e. The summed E-state index contributed by atoms with van der Waals surface area (Å²) in [6, 6.07) is 9.48. The molecule has 0 aliphatic carbocycles. The van der Waals surface area contributed by atoms with E-state index in [4.69, 9.17) is 21.5 Å². The normalized spacial score (nSPS) is 11.6. The number of amides is 1. The average Bonchev–Trinajstić information content (AvgIpc) is 3.02. The highest BCUT2D eigenvalue weighted by Crippen LogP contribution is 2.29. The Morgan fingerprint density at radius 1 is 1.31 bits per heavy atom. The number of rotatable bonds is 7. The first-order valence-corrected chi connectivity index (χ1v) is 11.4. The fourth-order valence-electron chi connectivity index (χ4n) is 2.77. The van der Waals surface area contributed by atoms with Gasteiger partial charge in [0.15, 0.2) is 5.16 Å². The van der Waals surface area contributed by atoms with E-state index in [1.165, 1.54) is 31.0 Å². The lowest BCUT2D eigenvalue weighted by Gasteiger charge is -2.10. The number of nitrogens with zero attached hydrogens (tertiary/aromatic N) is 2. The maximum absolute atomic E-state index is 12.4. The molecule has 0 aliphatic heterocycles. The molecule has 0 bridgehead atoms. The number of ether oxygens (including phenoxy) is 1. The summed E-state index contributed by atoms with van der Waals surface area (Å²) in [5.74, 6) is 0.348. The number of nitrogens with one attached hydrogen (secondary N) is 1. The van der Waals surface area contributed by atoms with Crippen molar-refractivity contribution < 1.29 is 17.9 Å². The smallest absolute Gasteiger partial charge is 0.238 e. The minimum atomic E-state index is -3.82. The quantitative estimate of drug-likeness (QED) is 0.530. The van der Waals surface area contributed by atoms with Crippen LogP contribution in [0, 0.1) is 0 Å². The van der Waals surface area contributed by atoms with E-state index in [2.05, 4.69) is 10.3 Å². The Hall–Kier alpha value is -2.27. The molecule has 0 saturated heterocycles. The molecule has 29 heavy (non-hydrogen) atoms. The van der Waals surface area contributed by atoms with Crippen LogP contribution in [0.4, 0.5) is 5.69 Å². The number of primary sulfonamides is 1. The van der Waals surface area contributed by atoms with Gasteiger partial charge in [0, 0.05) is 11.6 Å². The molecule has 3 rings (SSSR count). The van der Waals surface area contributed by atoms with Crippen LogP contribution >= 0.6 is 23.4 Å². The Morgan fingerprint density at radius 2 is 2.07 bits per heavy atom. The molecule has 0 fully saturated rings. The van der Waals surface area contributed by atoms with E-state index in [9.17, 15) is 13.2 Å². The second-order valence-electron chi connectivity index (χ2n) is 6.02. The second kappa shape index (κ2) is 8.62. The van der Waals surface area contributed by atoms with Gasteiger partial charge in [0.2, 0.25) is 15.9 Å². The summed E-state index contributed by atoms with van der Waals surface area (Å²) in [7, 11) is -2.31. The number of fused-ring (bicyclic) bond motifs is 1. The number of benzene rings is 2.